The Balaban J connectivity index is 1.51. The van der Waals surface area contributed by atoms with Gasteiger partial charge in [-0.3, -0.25) is 4.98 Å². The van der Waals surface area contributed by atoms with E-state index >= 15 is 0 Å². The molecule has 5 atom stereocenters. The molecule has 200 valence electrons. The number of aliphatic hydroxyl groups excluding tert-OH is 2. The Morgan fingerprint density at radius 2 is 1.97 bits per heavy atom. The third-order valence-electron chi connectivity index (χ3n) is 5.73. The van der Waals surface area contributed by atoms with Crippen LogP contribution in [-0.2, 0) is 16.1 Å². The van der Waals surface area contributed by atoms with Crippen LogP contribution in [0.25, 0.3) is 11.3 Å². The maximum absolute atomic E-state index is 13.8. The third kappa shape index (κ3) is 5.78. The third-order valence-corrected chi connectivity index (χ3v) is 8.03. The second-order valence-electron chi connectivity index (χ2n) is 8.20. The Labute approximate surface area is 230 Å². The summed E-state index contributed by atoms with van der Waals surface area (Å²) in [5.41, 5.74) is -0.745. The molecule has 1 aliphatic rings. The van der Waals surface area contributed by atoms with Crippen LogP contribution < -0.4 is 0 Å². The summed E-state index contributed by atoms with van der Waals surface area (Å²) in [6, 6.07) is 2.51. The Morgan fingerprint density at radius 1 is 1.18 bits per heavy atom. The van der Waals surface area contributed by atoms with Gasteiger partial charge >= 0.3 is 0 Å². The van der Waals surface area contributed by atoms with Crippen molar-refractivity contribution in [2.75, 3.05) is 6.61 Å². The summed E-state index contributed by atoms with van der Waals surface area (Å²) in [5.74, 6) is -4.33. The average Bonchev–Trinajstić information content (AvgIpc) is 3.59. The zero-order chi connectivity index (χ0) is 26.8. The normalized spacial score (nSPS) is 23.6. The van der Waals surface area contributed by atoms with Crippen LogP contribution >= 0.6 is 39.0 Å². The molecule has 1 saturated heterocycles. The van der Waals surface area contributed by atoms with Gasteiger partial charge in [-0.1, -0.05) is 17.0 Å². The number of rotatable bonds is 8. The molecular formula is C23H19BrF3N5O4S2. The Bertz CT molecular complexity index is 1380. The molecule has 0 amide bonds. The van der Waals surface area contributed by atoms with Gasteiger partial charge in [0.2, 0.25) is 0 Å². The number of hydrogen-bond acceptors (Lipinski definition) is 10. The van der Waals surface area contributed by atoms with Gasteiger partial charge in [0, 0.05) is 38.9 Å². The minimum atomic E-state index is -1.59. The van der Waals surface area contributed by atoms with E-state index in [9.17, 15) is 23.4 Å². The van der Waals surface area contributed by atoms with E-state index in [4.69, 9.17) is 9.47 Å². The van der Waals surface area contributed by atoms with Crippen molar-refractivity contribution in [1.29, 1.82) is 0 Å². The van der Waals surface area contributed by atoms with Crippen LogP contribution in [0.15, 0.2) is 57.7 Å². The molecule has 9 nitrogen and oxygen atoms in total. The van der Waals surface area contributed by atoms with Crippen LogP contribution in [0.2, 0.25) is 0 Å². The van der Waals surface area contributed by atoms with Gasteiger partial charge in [0.15, 0.2) is 17.5 Å². The monoisotopic (exact) mass is 629 g/mol. The lowest BCUT2D eigenvalue weighted by Gasteiger charge is -2.43. The van der Waals surface area contributed by atoms with Crippen LogP contribution in [0.5, 0.6) is 0 Å². The summed E-state index contributed by atoms with van der Waals surface area (Å²) in [5, 5.41) is 31.7. The van der Waals surface area contributed by atoms with Crippen LogP contribution in [0, 0.1) is 17.5 Å². The van der Waals surface area contributed by atoms with Crippen molar-refractivity contribution in [2.24, 2.45) is 0 Å². The molecule has 4 aromatic rings. The lowest BCUT2D eigenvalue weighted by molar-refractivity contribution is -0.196. The number of thioether (sulfide) groups is 1. The van der Waals surface area contributed by atoms with E-state index in [1.807, 2.05) is 6.07 Å². The molecular weight excluding hydrogens is 611 g/mol. The van der Waals surface area contributed by atoms with Gasteiger partial charge in [-0.2, -0.15) is 0 Å². The van der Waals surface area contributed by atoms with E-state index in [2.05, 4.69) is 36.2 Å². The predicted octanol–water partition coefficient (Wildman–Crippen LogP) is 3.97. The standard InChI is InChI=1S/C23H19BrF3N5O4S2/c24-12-5-13(7-28-6-12)38-23-22(35-10-18-29-1-2-37-18)20(21(34)17(9-33)36-23)32-8-16(30-31-32)11-3-14(25)19(27)15(26)4-11/h1-8,17,20-23,33-34H,9-10H2/t17-,20+,21+,22-,23-/m1/s1. The predicted molar refractivity (Wildman–Crippen MR) is 135 cm³/mol. The number of thiazole rings is 1. The molecule has 0 saturated carbocycles. The highest BCUT2D eigenvalue weighted by atomic mass is 79.9. The van der Waals surface area contributed by atoms with Crippen molar-refractivity contribution in [1.82, 2.24) is 25.0 Å². The van der Waals surface area contributed by atoms with Crippen LogP contribution in [-0.4, -0.2) is 65.5 Å². The van der Waals surface area contributed by atoms with Crippen LogP contribution in [0.3, 0.4) is 0 Å². The highest BCUT2D eigenvalue weighted by Gasteiger charge is 2.48. The molecule has 0 spiro atoms. The van der Waals surface area contributed by atoms with Crippen molar-refractivity contribution in [2.45, 2.75) is 41.3 Å². The smallest absolute Gasteiger partial charge is 0.194 e. The minimum Gasteiger partial charge on any atom is -0.394 e. The van der Waals surface area contributed by atoms with Crippen molar-refractivity contribution in [3.63, 3.8) is 0 Å². The van der Waals surface area contributed by atoms with E-state index in [-0.39, 0.29) is 17.9 Å². The van der Waals surface area contributed by atoms with Crippen LogP contribution in [0.1, 0.15) is 11.0 Å². The molecule has 0 radical (unpaired) electrons. The van der Waals surface area contributed by atoms with Crippen molar-refractivity contribution < 1.29 is 32.9 Å². The number of aromatic nitrogens is 5. The highest BCUT2D eigenvalue weighted by Crippen LogP contribution is 2.40. The molecule has 2 N–H and O–H groups in total. The van der Waals surface area contributed by atoms with Crippen molar-refractivity contribution in [3.05, 3.63) is 75.3 Å². The topological polar surface area (TPSA) is 115 Å². The number of benzene rings is 1. The molecule has 3 aromatic heterocycles. The van der Waals surface area contributed by atoms with E-state index in [0.29, 0.717) is 5.01 Å². The number of nitrogens with zero attached hydrogens (tertiary/aromatic N) is 5. The van der Waals surface area contributed by atoms with Gasteiger partial charge in [-0.15, -0.1) is 16.4 Å². The van der Waals surface area contributed by atoms with Gasteiger partial charge in [-0.25, -0.2) is 22.8 Å². The molecule has 0 aliphatic carbocycles. The second kappa shape index (κ2) is 11.8. The Kier molecular flexibility index (Phi) is 8.42. The molecule has 0 unspecified atom stereocenters. The first kappa shape index (κ1) is 27.2. The highest BCUT2D eigenvalue weighted by molar-refractivity contribution is 9.10. The van der Waals surface area contributed by atoms with Gasteiger partial charge in [0.1, 0.15) is 40.5 Å². The zero-order valence-corrected chi connectivity index (χ0v) is 22.4. The van der Waals surface area contributed by atoms with Gasteiger partial charge in [0.05, 0.1) is 19.4 Å². The fourth-order valence-electron chi connectivity index (χ4n) is 3.98. The van der Waals surface area contributed by atoms with Crippen molar-refractivity contribution >= 4 is 39.0 Å². The summed E-state index contributed by atoms with van der Waals surface area (Å²) in [4.78, 5) is 9.12. The first-order chi connectivity index (χ1) is 18.3. The fraction of sp³-hybridized carbons (Fsp3) is 0.304. The number of aliphatic hydroxyl groups is 2. The summed E-state index contributed by atoms with van der Waals surface area (Å²) in [6.45, 7) is -0.400. The maximum Gasteiger partial charge on any atom is 0.194 e. The fourth-order valence-corrected chi connectivity index (χ4v) is 6.19. The largest absolute Gasteiger partial charge is 0.394 e. The quantitative estimate of drug-likeness (QED) is 0.279. The number of ether oxygens (including phenoxy) is 2. The lowest BCUT2D eigenvalue weighted by atomic mass is 9.97. The van der Waals surface area contributed by atoms with E-state index in [1.54, 1.807) is 24.0 Å². The summed E-state index contributed by atoms with van der Waals surface area (Å²) < 4.78 is 55.4. The summed E-state index contributed by atoms with van der Waals surface area (Å²) in [6.07, 6.45) is 3.11. The Morgan fingerprint density at radius 3 is 2.66 bits per heavy atom. The second-order valence-corrected chi connectivity index (χ2v) is 11.3. The molecule has 4 heterocycles. The van der Waals surface area contributed by atoms with Gasteiger partial charge < -0.3 is 19.7 Å². The van der Waals surface area contributed by atoms with E-state index in [0.717, 1.165) is 21.5 Å². The first-order valence-corrected chi connectivity index (χ1v) is 13.7. The number of halogens is 4. The summed E-state index contributed by atoms with van der Waals surface area (Å²) in [7, 11) is 0. The van der Waals surface area contributed by atoms with E-state index < -0.39 is 53.8 Å². The zero-order valence-electron chi connectivity index (χ0n) is 19.2. The molecule has 1 aliphatic heterocycles. The molecule has 38 heavy (non-hydrogen) atoms. The number of hydrogen-bond donors (Lipinski definition) is 2. The molecule has 5 rings (SSSR count). The van der Waals surface area contributed by atoms with Crippen molar-refractivity contribution in [3.8, 4) is 11.3 Å². The average molecular weight is 630 g/mol. The van der Waals surface area contributed by atoms with Crippen LogP contribution in [0.4, 0.5) is 13.2 Å². The number of pyridine rings is 1. The van der Waals surface area contributed by atoms with E-state index in [1.165, 1.54) is 34.0 Å². The minimum absolute atomic E-state index is 0.0423. The molecule has 1 aromatic carbocycles. The molecule has 0 bridgehead atoms. The molecule has 15 heteroatoms. The first-order valence-electron chi connectivity index (χ1n) is 11.1. The van der Waals surface area contributed by atoms with Gasteiger partial charge in [0.25, 0.3) is 0 Å². The molecule has 1 fully saturated rings. The van der Waals surface area contributed by atoms with Gasteiger partial charge in [-0.05, 0) is 34.1 Å². The SMILES string of the molecule is OC[C@H]1O[C@H](Sc2cncc(Br)c2)[C@H](OCc2nccs2)[C@@H](n2cc(-c3cc(F)c(F)c(F)c3)nn2)[C@H]1O. The Hall–Kier alpha value is -2.40. The summed E-state index contributed by atoms with van der Waals surface area (Å²) >= 11 is 6.05. The maximum atomic E-state index is 13.8. The lowest BCUT2D eigenvalue weighted by Crippen LogP contribution is -2.55.